The maximum Gasteiger partial charge on any atom is 0.231 e. The van der Waals surface area contributed by atoms with Gasteiger partial charge in [0.25, 0.3) is 0 Å². The van der Waals surface area contributed by atoms with E-state index in [1.54, 1.807) is 0 Å². The molecule has 2 aliphatic rings. The molecular formula is C12H18ClN5. The second kappa shape index (κ2) is 4.53. The molecule has 18 heavy (non-hydrogen) atoms. The topological polar surface area (TPSA) is 53.9 Å². The summed E-state index contributed by atoms with van der Waals surface area (Å²) in [6, 6.07) is 0. The van der Waals surface area contributed by atoms with Crippen molar-refractivity contribution in [2.75, 3.05) is 23.3 Å². The lowest BCUT2D eigenvalue weighted by Crippen LogP contribution is -2.31. The van der Waals surface area contributed by atoms with E-state index in [1.807, 2.05) is 0 Å². The van der Waals surface area contributed by atoms with Crippen LogP contribution in [0.1, 0.15) is 39.0 Å². The monoisotopic (exact) mass is 267 g/mol. The third kappa shape index (κ3) is 2.66. The zero-order valence-electron chi connectivity index (χ0n) is 10.6. The Kier molecular flexibility index (Phi) is 3.01. The van der Waals surface area contributed by atoms with Crippen LogP contribution in [0.15, 0.2) is 0 Å². The fraction of sp³-hybridized carbons (Fsp3) is 0.750. The Morgan fingerprint density at radius 1 is 1.11 bits per heavy atom. The summed E-state index contributed by atoms with van der Waals surface area (Å²) < 4.78 is 0. The molecule has 1 aliphatic heterocycles. The fourth-order valence-electron chi connectivity index (χ4n) is 2.21. The fourth-order valence-corrected chi connectivity index (χ4v) is 2.37. The van der Waals surface area contributed by atoms with Crippen molar-refractivity contribution in [2.24, 2.45) is 0 Å². The van der Waals surface area contributed by atoms with E-state index in [-0.39, 0.29) is 10.8 Å². The maximum atomic E-state index is 5.99. The van der Waals surface area contributed by atoms with Gasteiger partial charge in [0.1, 0.15) is 0 Å². The zero-order valence-corrected chi connectivity index (χ0v) is 11.4. The van der Waals surface area contributed by atoms with Crippen molar-refractivity contribution >= 4 is 23.5 Å². The third-order valence-electron chi connectivity index (χ3n) is 3.65. The molecule has 0 unspecified atom stereocenters. The lowest BCUT2D eigenvalue weighted by atomic mass is 10.1. The normalized spacial score (nSPS) is 21.8. The first-order valence-electron chi connectivity index (χ1n) is 6.59. The van der Waals surface area contributed by atoms with Gasteiger partial charge in [0.05, 0.1) is 0 Å². The van der Waals surface area contributed by atoms with Gasteiger partial charge in [-0.1, -0.05) is 0 Å². The minimum atomic E-state index is 0.157. The number of nitrogens with one attached hydrogen (secondary N) is 1. The molecule has 0 atom stereocenters. The molecule has 1 N–H and O–H groups in total. The van der Waals surface area contributed by atoms with E-state index in [9.17, 15) is 0 Å². The van der Waals surface area contributed by atoms with Crippen molar-refractivity contribution in [3.63, 3.8) is 0 Å². The molecule has 0 spiro atoms. The Hall–Kier alpha value is -1.10. The predicted molar refractivity (Wildman–Crippen MR) is 72.2 cm³/mol. The summed E-state index contributed by atoms with van der Waals surface area (Å²) in [6.07, 6.45) is 6.01. The molecule has 1 saturated carbocycles. The van der Waals surface area contributed by atoms with E-state index in [4.69, 9.17) is 11.6 Å². The van der Waals surface area contributed by atoms with Crippen molar-refractivity contribution < 1.29 is 0 Å². The van der Waals surface area contributed by atoms with Crippen LogP contribution in [0.5, 0.6) is 0 Å². The lowest BCUT2D eigenvalue weighted by molar-refractivity contribution is 0.567. The van der Waals surface area contributed by atoms with Crippen molar-refractivity contribution in [1.29, 1.82) is 0 Å². The van der Waals surface area contributed by atoms with Crippen molar-refractivity contribution in [2.45, 2.75) is 44.6 Å². The molecule has 0 amide bonds. The predicted octanol–water partition coefficient (Wildman–Crippen LogP) is 2.48. The number of halogens is 1. The Morgan fingerprint density at radius 3 is 2.50 bits per heavy atom. The quantitative estimate of drug-likeness (QED) is 0.912. The van der Waals surface area contributed by atoms with Gasteiger partial charge in [-0.15, -0.1) is 0 Å². The summed E-state index contributed by atoms with van der Waals surface area (Å²) in [5, 5.41) is 3.61. The van der Waals surface area contributed by atoms with E-state index in [0.717, 1.165) is 25.9 Å². The number of anilines is 2. The highest BCUT2D eigenvalue weighted by molar-refractivity contribution is 6.28. The lowest BCUT2D eigenvalue weighted by Gasteiger charge is -2.26. The van der Waals surface area contributed by atoms with Crippen molar-refractivity contribution in [3.8, 4) is 0 Å². The number of nitrogens with zero attached hydrogens (tertiary/aromatic N) is 4. The highest BCUT2D eigenvalue weighted by Crippen LogP contribution is 2.37. The van der Waals surface area contributed by atoms with Gasteiger partial charge in [0, 0.05) is 18.6 Å². The smallest absolute Gasteiger partial charge is 0.231 e. The van der Waals surface area contributed by atoms with Gasteiger partial charge in [-0.3, -0.25) is 0 Å². The average molecular weight is 268 g/mol. The van der Waals surface area contributed by atoms with E-state index in [2.05, 4.69) is 32.1 Å². The Balaban J connectivity index is 1.80. The van der Waals surface area contributed by atoms with Gasteiger partial charge in [0.15, 0.2) is 0 Å². The molecule has 5 nitrogen and oxygen atoms in total. The Labute approximate surface area is 112 Å². The van der Waals surface area contributed by atoms with E-state index >= 15 is 0 Å². The summed E-state index contributed by atoms with van der Waals surface area (Å²) in [5.41, 5.74) is 0.157. The molecule has 3 rings (SSSR count). The molecule has 1 aliphatic carbocycles. The molecule has 1 saturated heterocycles. The van der Waals surface area contributed by atoms with Crippen molar-refractivity contribution in [3.05, 3.63) is 5.28 Å². The standard InChI is InChI=1S/C12H18ClN5/c1-12(5-6-12)17-10-14-9(13)15-11(16-10)18-7-3-2-4-8-18/h2-8H2,1H3,(H,14,15,16,17). The first-order chi connectivity index (χ1) is 8.65. The van der Waals surface area contributed by atoms with Gasteiger partial charge < -0.3 is 10.2 Å². The molecule has 98 valence electrons. The Bertz CT molecular complexity index is 440. The number of hydrogen-bond donors (Lipinski definition) is 1. The van der Waals surface area contributed by atoms with E-state index < -0.39 is 0 Å². The summed E-state index contributed by atoms with van der Waals surface area (Å²) in [4.78, 5) is 15.1. The van der Waals surface area contributed by atoms with Crippen LogP contribution in [-0.2, 0) is 0 Å². The molecule has 1 aromatic heterocycles. The first kappa shape index (κ1) is 12.0. The number of aromatic nitrogens is 3. The van der Waals surface area contributed by atoms with Gasteiger partial charge >= 0.3 is 0 Å². The molecule has 0 aromatic carbocycles. The summed E-state index contributed by atoms with van der Waals surface area (Å²) in [6.45, 7) is 4.19. The Morgan fingerprint density at radius 2 is 1.83 bits per heavy atom. The maximum absolute atomic E-state index is 5.99. The van der Waals surface area contributed by atoms with Gasteiger partial charge in [-0.25, -0.2) is 0 Å². The molecule has 2 fully saturated rings. The third-order valence-corrected chi connectivity index (χ3v) is 3.82. The summed E-state index contributed by atoms with van der Waals surface area (Å²) in [7, 11) is 0. The van der Waals surface area contributed by atoms with E-state index in [0.29, 0.717) is 11.9 Å². The van der Waals surface area contributed by atoms with Gasteiger partial charge in [-0.2, -0.15) is 15.0 Å². The molecule has 0 bridgehead atoms. The minimum absolute atomic E-state index is 0.157. The number of hydrogen-bond acceptors (Lipinski definition) is 5. The molecule has 6 heteroatoms. The van der Waals surface area contributed by atoms with Crippen LogP contribution in [0.4, 0.5) is 11.9 Å². The molecule has 0 radical (unpaired) electrons. The number of rotatable bonds is 3. The summed E-state index contributed by atoms with van der Waals surface area (Å²) >= 11 is 5.99. The minimum Gasteiger partial charge on any atom is -0.349 e. The molecule has 1 aromatic rings. The number of piperidine rings is 1. The highest BCUT2D eigenvalue weighted by atomic mass is 35.5. The first-order valence-corrected chi connectivity index (χ1v) is 6.97. The van der Waals surface area contributed by atoms with Gasteiger partial charge in [0.2, 0.25) is 17.2 Å². The largest absolute Gasteiger partial charge is 0.349 e. The van der Waals surface area contributed by atoms with Crippen LogP contribution in [0.2, 0.25) is 5.28 Å². The van der Waals surface area contributed by atoms with Crippen LogP contribution in [0.3, 0.4) is 0 Å². The molecule has 2 heterocycles. The average Bonchev–Trinajstić information content (AvgIpc) is 3.07. The SMILES string of the molecule is CC1(Nc2nc(Cl)nc(N3CCCCC3)n2)CC1. The molecular weight excluding hydrogens is 250 g/mol. The van der Waals surface area contributed by atoms with Crippen molar-refractivity contribution in [1.82, 2.24) is 15.0 Å². The highest BCUT2D eigenvalue weighted by Gasteiger charge is 2.38. The van der Waals surface area contributed by atoms with Crippen LogP contribution < -0.4 is 10.2 Å². The van der Waals surface area contributed by atoms with Crippen LogP contribution in [-0.4, -0.2) is 33.6 Å². The zero-order chi connectivity index (χ0) is 12.6. The second-order valence-electron chi connectivity index (χ2n) is 5.46. The van der Waals surface area contributed by atoms with Crippen LogP contribution in [0, 0.1) is 0 Å². The van der Waals surface area contributed by atoms with Gasteiger partial charge in [-0.05, 0) is 50.6 Å². The van der Waals surface area contributed by atoms with Crippen LogP contribution >= 0.6 is 11.6 Å². The summed E-state index contributed by atoms with van der Waals surface area (Å²) in [5.74, 6) is 1.32. The van der Waals surface area contributed by atoms with Crippen LogP contribution in [0.25, 0.3) is 0 Å². The second-order valence-corrected chi connectivity index (χ2v) is 5.80. The van der Waals surface area contributed by atoms with E-state index in [1.165, 1.54) is 19.3 Å².